The predicted octanol–water partition coefficient (Wildman–Crippen LogP) is 2.53. The topological polar surface area (TPSA) is 49.3 Å². The monoisotopic (exact) mass is 279 g/mol. The van der Waals surface area contributed by atoms with Crippen LogP contribution < -0.4 is 5.32 Å². The number of nitrogens with one attached hydrogen (secondary N) is 1. The van der Waals surface area contributed by atoms with Crippen molar-refractivity contribution < 1.29 is 14.3 Å². The Hall–Kier alpha value is -1.42. The van der Waals surface area contributed by atoms with Crippen LogP contribution in [-0.4, -0.2) is 24.2 Å². The minimum Gasteiger partial charge on any atom is -0.396 e. The molecular weight excluding hydrogens is 257 g/mol. The highest BCUT2D eigenvalue weighted by atomic mass is 19.1. The van der Waals surface area contributed by atoms with Gasteiger partial charge < -0.3 is 10.4 Å². The Kier molecular flexibility index (Phi) is 5.12. The summed E-state index contributed by atoms with van der Waals surface area (Å²) in [4.78, 5) is 12.6. The van der Waals surface area contributed by atoms with Crippen LogP contribution in [0.15, 0.2) is 24.3 Å². The summed E-state index contributed by atoms with van der Waals surface area (Å²) in [6, 6.07) is 6.41. The second-order valence-corrected chi connectivity index (χ2v) is 5.49. The van der Waals surface area contributed by atoms with Crippen LogP contribution in [0.3, 0.4) is 0 Å². The Labute approximate surface area is 119 Å². The molecule has 0 bridgehead atoms. The van der Waals surface area contributed by atoms with Gasteiger partial charge in [-0.1, -0.05) is 31.4 Å². The Morgan fingerprint density at radius 3 is 2.70 bits per heavy atom. The number of carbonyl (C=O) groups is 1. The van der Waals surface area contributed by atoms with Gasteiger partial charge in [0.25, 0.3) is 0 Å². The van der Waals surface area contributed by atoms with Crippen molar-refractivity contribution in [3.8, 4) is 0 Å². The summed E-state index contributed by atoms with van der Waals surface area (Å²) < 4.78 is 13.5. The molecule has 0 aromatic heterocycles. The van der Waals surface area contributed by atoms with Crippen molar-refractivity contribution in [1.82, 2.24) is 5.32 Å². The van der Waals surface area contributed by atoms with Gasteiger partial charge in [0.05, 0.1) is 5.41 Å². The number of amides is 1. The van der Waals surface area contributed by atoms with Crippen molar-refractivity contribution in [2.45, 2.75) is 43.9 Å². The zero-order chi connectivity index (χ0) is 14.4. The van der Waals surface area contributed by atoms with Gasteiger partial charge in [-0.3, -0.25) is 4.79 Å². The second kappa shape index (κ2) is 6.84. The number of benzene rings is 1. The lowest BCUT2D eigenvalue weighted by Crippen LogP contribution is -2.46. The smallest absolute Gasteiger partial charge is 0.230 e. The molecular formula is C16H22FNO2. The summed E-state index contributed by atoms with van der Waals surface area (Å²) in [7, 11) is 0. The summed E-state index contributed by atoms with van der Waals surface area (Å²) in [5, 5.41) is 11.7. The standard InChI is InChI=1S/C16H22FNO2/c17-14-7-4-6-13(12-14)16(8-2-1-3-9-16)15(20)18-10-5-11-19/h4,6-7,12,19H,1-3,5,8-11H2,(H,18,20). The molecule has 1 aromatic rings. The lowest BCUT2D eigenvalue weighted by molar-refractivity contribution is -0.128. The van der Waals surface area contributed by atoms with Gasteiger partial charge in [0, 0.05) is 13.2 Å². The maximum absolute atomic E-state index is 13.5. The molecule has 1 amide bonds. The van der Waals surface area contributed by atoms with E-state index in [1.807, 2.05) is 6.07 Å². The van der Waals surface area contributed by atoms with Gasteiger partial charge in [0.1, 0.15) is 5.82 Å². The third-order valence-electron chi connectivity index (χ3n) is 4.14. The van der Waals surface area contributed by atoms with E-state index < -0.39 is 5.41 Å². The van der Waals surface area contributed by atoms with Crippen LogP contribution in [0.2, 0.25) is 0 Å². The van der Waals surface area contributed by atoms with Crippen LogP contribution in [0.1, 0.15) is 44.1 Å². The van der Waals surface area contributed by atoms with Gasteiger partial charge in [-0.2, -0.15) is 0 Å². The van der Waals surface area contributed by atoms with Crippen LogP contribution >= 0.6 is 0 Å². The molecule has 2 N–H and O–H groups in total. The zero-order valence-corrected chi connectivity index (χ0v) is 11.7. The van der Waals surface area contributed by atoms with Gasteiger partial charge in [-0.15, -0.1) is 0 Å². The van der Waals surface area contributed by atoms with E-state index in [0.717, 1.165) is 37.7 Å². The molecule has 4 heteroatoms. The maximum Gasteiger partial charge on any atom is 0.230 e. The molecule has 1 aliphatic rings. The highest BCUT2D eigenvalue weighted by Gasteiger charge is 2.40. The maximum atomic E-state index is 13.5. The fourth-order valence-electron chi connectivity index (χ4n) is 3.04. The number of hydrogen-bond acceptors (Lipinski definition) is 2. The Balaban J connectivity index is 2.23. The summed E-state index contributed by atoms with van der Waals surface area (Å²) in [6.07, 6.45) is 5.18. The third kappa shape index (κ3) is 3.18. The summed E-state index contributed by atoms with van der Waals surface area (Å²) in [5.74, 6) is -0.327. The molecule has 1 saturated carbocycles. The number of hydrogen-bond donors (Lipinski definition) is 2. The fraction of sp³-hybridized carbons (Fsp3) is 0.562. The molecule has 1 aromatic carbocycles. The number of carbonyl (C=O) groups excluding carboxylic acids is 1. The van der Waals surface area contributed by atoms with Crippen molar-refractivity contribution in [3.63, 3.8) is 0 Å². The predicted molar refractivity (Wildman–Crippen MR) is 75.9 cm³/mol. The van der Waals surface area contributed by atoms with Crippen molar-refractivity contribution in [3.05, 3.63) is 35.6 Å². The second-order valence-electron chi connectivity index (χ2n) is 5.49. The van der Waals surface area contributed by atoms with E-state index >= 15 is 0 Å². The molecule has 1 aliphatic carbocycles. The minimum atomic E-state index is -0.601. The quantitative estimate of drug-likeness (QED) is 0.814. The molecule has 0 unspecified atom stereocenters. The molecule has 110 valence electrons. The van der Waals surface area contributed by atoms with Crippen molar-refractivity contribution in [2.24, 2.45) is 0 Å². The van der Waals surface area contributed by atoms with Gasteiger partial charge in [0.15, 0.2) is 0 Å². The van der Waals surface area contributed by atoms with Crippen LogP contribution in [0.25, 0.3) is 0 Å². The largest absolute Gasteiger partial charge is 0.396 e. The van der Waals surface area contributed by atoms with E-state index in [1.165, 1.54) is 12.1 Å². The Morgan fingerprint density at radius 2 is 2.05 bits per heavy atom. The molecule has 0 saturated heterocycles. The first-order valence-corrected chi connectivity index (χ1v) is 7.34. The molecule has 2 rings (SSSR count). The first-order chi connectivity index (χ1) is 9.69. The van der Waals surface area contributed by atoms with E-state index in [2.05, 4.69) is 5.32 Å². The first kappa shape index (κ1) is 15.0. The minimum absolute atomic E-state index is 0.0312. The normalized spacial score (nSPS) is 17.7. The lowest BCUT2D eigenvalue weighted by atomic mass is 9.68. The Bertz CT molecular complexity index is 456. The van der Waals surface area contributed by atoms with E-state index in [4.69, 9.17) is 5.11 Å². The molecule has 0 atom stereocenters. The average Bonchev–Trinajstić information content (AvgIpc) is 2.48. The van der Waals surface area contributed by atoms with Crippen LogP contribution in [0.5, 0.6) is 0 Å². The summed E-state index contributed by atoms with van der Waals surface area (Å²) >= 11 is 0. The van der Waals surface area contributed by atoms with E-state index in [-0.39, 0.29) is 18.3 Å². The van der Waals surface area contributed by atoms with Gasteiger partial charge in [-0.25, -0.2) is 4.39 Å². The van der Waals surface area contributed by atoms with Crippen molar-refractivity contribution in [2.75, 3.05) is 13.2 Å². The first-order valence-electron chi connectivity index (χ1n) is 7.34. The lowest BCUT2D eigenvalue weighted by Gasteiger charge is -2.36. The summed E-state index contributed by atoms with van der Waals surface area (Å²) in [6.45, 7) is 0.527. The zero-order valence-electron chi connectivity index (χ0n) is 11.7. The summed E-state index contributed by atoms with van der Waals surface area (Å²) in [5.41, 5.74) is 0.175. The SMILES string of the molecule is O=C(NCCCO)C1(c2cccc(F)c2)CCCCC1. The highest BCUT2D eigenvalue weighted by molar-refractivity contribution is 5.88. The number of aliphatic hydroxyl groups is 1. The van der Waals surface area contributed by atoms with Gasteiger partial charge in [0.2, 0.25) is 5.91 Å². The third-order valence-corrected chi connectivity index (χ3v) is 4.14. The van der Waals surface area contributed by atoms with Crippen LogP contribution in [0, 0.1) is 5.82 Å². The average molecular weight is 279 g/mol. The van der Waals surface area contributed by atoms with E-state index in [9.17, 15) is 9.18 Å². The van der Waals surface area contributed by atoms with Crippen LogP contribution in [0.4, 0.5) is 4.39 Å². The van der Waals surface area contributed by atoms with Crippen molar-refractivity contribution >= 4 is 5.91 Å². The molecule has 0 heterocycles. The van der Waals surface area contributed by atoms with E-state index in [0.29, 0.717) is 13.0 Å². The number of aliphatic hydroxyl groups excluding tert-OH is 1. The highest BCUT2D eigenvalue weighted by Crippen LogP contribution is 2.39. The molecule has 0 aliphatic heterocycles. The van der Waals surface area contributed by atoms with Gasteiger partial charge >= 0.3 is 0 Å². The fourth-order valence-corrected chi connectivity index (χ4v) is 3.04. The van der Waals surface area contributed by atoms with E-state index in [1.54, 1.807) is 6.07 Å². The number of rotatable bonds is 5. The number of halogens is 1. The van der Waals surface area contributed by atoms with Gasteiger partial charge in [-0.05, 0) is 37.0 Å². The molecule has 0 spiro atoms. The molecule has 0 radical (unpaired) electrons. The van der Waals surface area contributed by atoms with Crippen LogP contribution in [-0.2, 0) is 10.2 Å². The molecule has 20 heavy (non-hydrogen) atoms. The molecule has 3 nitrogen and oxygen atoms in total. The molecule has 1 fully saturated rings. The Morgan fingerprint density at radius 1 is 1.30 bits per heavy atom. The van der Waals surface area contributed by atoms with Crippen molar-refractivity contribution in [1.29, 1.82) is 0 Å².